The zero-order valence-electron chi connectivity index (χ0n) is 14.3. The van der Waals surface area contributed by atoms with Gasteiger partial charge >= 0.3 is 0 Å². The molecule has 0 spiro atoms. The van der Waals surface area contributed by atoms with E-state index in [0.29, 0.717) is 11.3 Å². The molecule has 3 rings (SSSR count). The number of rotatable bonds is 4. The van der Waals surface area contributed by atoms with Crippen molar-refractivity contribution >= 4 is 22.4 Å². The monoisotopic (exact) mass is 348 g/mol. The molecule has 0 aliphatic rings. The SMILES string of the molecule is CC(C)Oc1ccc(C(=O)c2cccc3oc(C#N)c(N)c(=O)c23)cc1. The molecule has 0 bridgehead atoms. The summed E-state index contributed by atoms with van der Waals surface area (Å²) in [6.45, 7) is 3.82. The molecule has 0 atom stereocenters. The minimum absolute atomic E-state index is 0.0246. The highest BCUT2D eigenvalue weighted by atomic mass is 16.5. The van der Waals surface area contributed by atoms with Gasteiger partial charge in [0.1, 0.15) is 23.1 Å². The maximum Gasteiger partial charge on any atom is 0.230 e. The van der Waals surface area contributed by atoms with Crippen molar-refractivity contribution in [1.82, 2.24) is 0 Å². The van der Waals surface area contributed by atoms with Gasteiger partial charge < -0.3 is 14.9 Å². The predicted molar refractivity (Wildman–Crippen MR) is 97.2 cm³/mol. The van der Waals surface area contributed by atoms with Crippen LogP contribution in [0, 0.1) is 11.3 Å². The van der Waals surface area contributed by atoms with Crippen LogP contribution >= 0.6 is 0 Å². The van der Waals surface area contributed by atoms with Gasteiger partial charge in [-0.25, -0.2) is 0 Å². The van der Waals surface area contributed by atoms with Gasteiger partial charge in [-0.15, -0.1) is 0 Å². The van der Waals surface area contributed by atoms with Crippen molar-refractivity contribution in [3.05, 3.63) is 69.6 Å². The van der Waals surface area contributed by atoms with Crippen molar-refractivity contribution in [2.24, 2.45) is 0 Å². The average molecular weight is 348 g/mol. The zero-order chi connectivity index (χ0) is 18.8. The summed E-state index contributed by atoms with van der Waals surface area (Å²) in [4.78, 5) is 25.4. The average Bonchev–Trinajstić information content (AvgIpc) is 2.63. The van der Waals surface area contributed by atoms with Crippen LogP contribution in [0.25, 0.3) is 11.0 Å². The van der Waals surface area contributed by atoms with E-state index >= 15 is 0 Å². The van der Waals surface area contributed by atoms with Crippen molar-refractivity contribution in [2.45, 2.75) is 20.0 Å². The lowest BCUT2D eigenvalue weighted by Gasteiger charge is -2.10. The Morgan fingerprint density at radius 3 is 2.50 bits per heavy atom. The molecule has 0 fully saturated rings. The van der Waals surface area contributed by atoms with Gasteiger partial charge in [0.15, 0.2) is 5.78 Å². The third kappa shape index (κ3) is 3.03. The van der Waals surface area contributed by atoms with Gasteiger partial charge in [-0.2, -0.15) is 5.26 Å². The number of hydrogen-bond donors (Lipinski definition) is 1. The first-order valence-electron chi connectivity index (χ1n) is 7.99. The first-order chi connectivity index (χ1) is 12.4. The number of carbonyl (C=O) groups is 1. The lowest BCUT2D eigenvalue weighted by molar-refractivity contribution is 0.104. The number of hydrogen-bond acceptors (Lipinski definition) is 6. The van der Waals surface area contributed by atoms with Gasteiger partial charge in [0.05, 0.1) is 11.5 Å². The molecular formula is C20H16N2O4. The molecule has 2 N–H and O–H groups in total. The fourth-order valence-corrected chi connectivity index (χ4v) is 2.64. The topological polar surface area (TPSA) is 106 Å². The number of ketones is 1. The van der Waals surface area contributed by atoms with Crippen molar-refractivity contribution in [3.63, 3.8) is 0 Å². The Labute approximate surface area is 149 Å². The summed E-state index contributed by atoms with van der Waals surface area (Å²) in [6, 6.07) is 13.0. The number of nitrogens with two attached hydrogens (primary N) is 1. The highest BCUT2D eigenvalue weighted by Crippen LogP contribution is 2.23. The van der Waals surface area contributed by atoms with Crippen LogP contribution in [0.4, 0.5) is 5.69 Å². The summed E-state index contributed by atoms with van der Waals surface area (Å²) in [5, 5.41) is 9.07. The van der Waals surface area contributed by atoms with Crippen LogP contribution in [0.2, 0.25) is 0 Å². The molecule has 130 valence electrons. The first-order valence-corrected chi connectivity index (χ1v) is 7.99. The van der Waals surface area contributed by atoms with Crippen LogP contribution in [0.3, 0.4) is 0 Å². The van der Waals surface area contributed by atoms with E-state index in [1.807, 2.05) is 13.8 Å². The van der Waals surface area contributed by atoms with E-state index in [9.17, 15) is 9.59 Å². The number of benzene rings is 2. The quantitative estimate of drug-likeness (QED) is 0.725. The lowest BCUT2D eigenvalue weighted by Crippen LogP contribution is -2.14. The smallest absolute Gasteiger partial charge is 0.230 e. The van der Waals surface area contributed by atoms with Gasteiger partial charge in [0.25, 0.3) is 0 Å². The van der Waals surface area contributed by atoms with Gasteiger partial charge in [-0.05, 0) is 44.2 Å². The number of nitrogen functional groups attached to an aromatic ring is 1. The summed E-state index contributed by atoms with van der Waals surface area (Å²) in [5.74, 6) is 0.0438. The molecule has 2 aromatic carbocycles. The third-order valence-electron chi connectivity index (χ3n) is 3.79. The van der Waals surface area contributed by atoms with Crippen molar-refractivity contribution in [1.29, 1.82) is 5.26 Å². The maximum atomic E-state index is 12.9. The lowest BCUT2D eigenvalue weighted by atomic mass is 9.99. The van der Waals surface area contributed by atoms with Crippen LogP contribution < -0.4 is 15.9 Å². The fraction of sp³-hybridized carbons (Fsp3) is 0.150. The van der Waals surface area contributed by atoms with Crippen molar-refractivity contribution in [2.75, 3.05) is 5.73 Å². The van der Waals surface area contributed by atoms with E-state index in [1.54, 1.807) is 36.4 Å². The molecular weight excluding hydrogens is 332 g/mol. The van der Waals surface area contributed by atoms with Crippen molar-refractivity contribution < 1.29 is 13.9 Å². The molecule has 6 heteroatoms. The van der Waals surface area contributed by atoms with Crippen LogP contribution in [-0.2, 0) is 0 Å². The summed E-state index contributed by atoms with van der Waals surface area (Å²) >= 11 is 0. The maximum absolute atomic E-state index is 12.9. The second kappa shape index (κ2) is 6.73. The second-order valence-electron chi connectivity index (χ2n) is 5.98. The molecule has 0 amide bonds. The van der Waals surface area contributed by atoms with E-state index in [1.165, 1.54) is 12.1 Å². The van der Waals surface area contributed by atoms with Crippen LogP contribution in [-0.4, -0.2) is 11.9 Å². The van der Waals surface area contributed by atoms with E-state index < -0.39 is 5.43 Å². The second-order valence-corrected chi connectivity index (χ2v) is 5.98. The fourth-order valence-electron chi connectivity index (χ4n) is 2.64. The minimum Gasteiger partial charge on any atom is -0.491 e. The van der Waals surface area contributed by atoms with Crippen LogP contribution in [0.5, 0.6) is 5.75 Å². The third-order valence-corrected chi connectivity index (χ3v) is 3.79. The van der Waals surface area contributed by atoms with Crippen molar-refractivity contribution in [3.8, 4) is 11.8 Å². The highest BCUT2D eigenvalue weighted by molar-refractivity contribution is 6.16. The summed E-state index contributed by atoms with van der Waals surface area (Å²) in [6.07, 6.45) is 0.0246. The molecule has 0 aliphatic carbocycles. The predicted octanol–water partition coefficient (Wildman–Crippen LogP) is 3.27. The van der Waals surface area contributed by atoms with Crippen LogP contribution in [0.1, 0.15) is 35.5 Å². The Kier molecular flexibility index (Phi) is 4.46. The summed E-state index contributed by atoms with van der Waals surface area (Å²) < 4.78 is 10.9. The molecule has 0 unspecified atom stereocenters. The summed E-state index contributed by atoms with van der Waals surface area (Å²) in [5.41, 5.74) is 5.50. The van der Waals surface area contributed by atoms with Crippen LogP contribution in [0.15, 0.2) is 51.7 Å². The molecule has 1 aromatic heterocycles. The summed E-state index contributed by atoms with van der Waals surface area (Å²) in [7, 11) is 0. The molecule has 0 saturated carbocycles. The van der Waals surface area contributed by atoms with Gasteiger partial charge in [0.2, 0.25) is 11.2 Å². The molecule has 26 heavy (non-hydrogen) atoms. The zero-order valence-corrected chi connectivity index (χ0v) is 14.3. The number of anilines is 1. The Hall–Kier alpha value is -3.59. The van der Waals surface area contributed by atoms with Gasteiger partial charge in [-0.3, -0.25) is 9.59 Å². The molecule has 3 aromatic rings. The number of nitriles is 1. The van der Waals surface area contributed by atoms with E-state index in [4.69, 9.17) is 20.1 Å². The van der Waals surface area contributed by atoms with E-state index in [2.05, 4.69) is 0 Å². The molecule has 1 heterocycles. The minimum atomic E-state index is -0.591. The normalized spacial score (nSPS) is 10.7. The Bertz CT molecular complexity index is 1090. The standard InChI is InChI=1S/C20H16N2O4/c1-11(2)25-13-8-6-12(7-9-13)19(23)14-4-3-5-15-17(14)20(24)18(22)16(10-21)26-15/h3-9,11H,22H2,1-2H3. The largest absolute Gasteiger partial charge is 0.491 e. The number of carbonyl (C=O) groups excluding carboxylic acids is 1. The molecule has 0 aliphatic heterocycles. The van der Waals surface area contributed by atoms with Gasteiger partial charge in [-0.1, -0.05) is 12.1 Å². The number of nitrogens with zero attached hydrogens (tertiary/aromatic N) is 1. The van der Waals surface area contributed by atoms with E-state index in [0.717, 1.165) is 0 Å². The first kappa shape index (κ1) is 17.2. The number of ether oxygens (including phenoxy) is 1. The number of fused-ring (bicyclic) bond motifs is 1. The molecule has 0 radical (unpaired) electrons. The van der Waals surface area contributed by atoms with E-state index in [-0.39, 0.29) is 39.9 Å². The van der Waals surface area contributed by atoms with Gasteiger partial charge in [0, 0.05) is 11.1 Å². The Morgan fingerprint density at radius 1 is 1.19 bits per heavy atom. The Balaban J connectivity index is 2.11. The molecule has 0 saturated heterocycles. The highest BCUT2D eigenvalue weighted by Gasteiger charge is 2.19. The molecule has 6 nitrogen and oxygen atoms in total. The Morgan fingerprint density at radius 2 is 1.88 bits per heavy atom.